The minimum Gasteiger partial charge on any atom is -0.491 e. The van der Waals surface area contributed by atoms with Gasteiger partial charge in [0, 0.05) is 11.5 Å². The molecular formula is C15H21N5O4S2. The van der Waals surface area contributed by atoms with E-state index < -0.39 is 16.1 Å². The van der Waals surface area contributed by atoms with Crippen molar-refractivity contribution >= 4 is 38.4 Å². The van der Waals surface area contributed by atoms with Gasteiger partial charge in [-0.2, -0.15) is 4.37 Å². The van der Waals surface area contributed by atoms with Gasteiger partial charge in [-0.05, 0) is 18.1 Å². The average molecular weight is 399 g/mol. The smallest absolute Gasteiger partial charge is 0.325 e. The van der Waals surface area contributed by atoms with Crippen LogP contribution < -0.4 is 20.1 Å². The Labute approximate surface area is 156 Å². The highest BCUT2D eigenvalue weighted by atomic mass is 32.2. The molecule has 11 heteroatoms. The second kappa shape index (κ2) is 8.92. The summed E-state index contributed by atoms with van der Waals surface area (Å²) in [6.45, 7) is 4.57. The number of amides is 2. The van der Waals surface area contributed by atoms with Crippen LogP contribution in [0.3, 0.4) is 0 Å². The number of carbonyl (C=O) groups is 1. The molecule has 2 rings (SSSR count). The molecule has 0 atom stereocenters. The second-order valence-corrected chi connectivity index (χ2v) is 8.47. The highest BCUT2D eigenvalue weighted by molar-refractivity contribution is 7.88. The first-order valence-corrected chi connectivity index (χ1v) is 10.5. The lowest BCUT2D eigenvalue weighted by atomic mass is 10.2. The number of hydrogen-bond donors (Lipinski definition) is 3. The maximum atomic E-state index is 12.1. The number of nitrogens with one attached hydrogen (secondary N) is 3. The molecular weight excluding hydrogens is 378 g/mol. The molecule has 0 saturated heterocycles. The maximum Gasteiger partial charge on any atom is 0.325 e. The van der Waals surface area contributed by atoms with E-state index in [-0.39, 0.29) is 17.5 Å². The molecule has 2 amide bonds. The van der Waals surface area contributed by atoms with Crippen molar-refractivity contribution < 1.29 is 17.9 Å². The van der Waals surface area contributed by atoms with E-state index in [0.717, 1.165) is 17.8 Å². The molecule has 0 aliphatic carbocycles. The molecule has 1 aromatic carbocycles. The number of hydrogen-bond acceptors (Lipinski definition) is 7. The van der Waals surface area contributed by atoms with E-state index in [9.17, 15) is 13.2 Å². The lowest BCUT2D eigenvalue weighted by molar-refractivity contribution is 0.260. The highest BCUT2D eigenvalue weighted by Crippen LogP contribution is 2.24. The number of ether oxygens (including phenoxy) is 1. The van der Waals surface area contributed by atoms with Gasteiger partial charge in [-0.15, -0.1) is 0 Å². The zero-order chi connectivity index (χ0) is 19.2. The molecule has 26 heavy (non-hydrogen) atoms. The number of urea groups is 1. The molecule has 3 N–H and O–H groups in total. The van der Waals surface area contributed by atoms with Gasteiger partial charge in [0.1, 0.15) is 5.75 Å². The number of carbonyl (C=O) groups excluding carboxylic acids is 1. The molecule has 0 aliphatic rings. The third-order valence-corrected chi connectivity index (χ3v) is 4.23. The first-order chi connectivity index (χ1) is 12.2. The topological polar surface area (TPSA) is 122 Å². The van der Waals surface area contributed by atoms with Crippen molar-refractivity contribution in [1.29, 1.82) is 0 Å². The van der Waals surface area contributed by atoms with Crippen molar-refractivity contribution in [3.05, 3.63) is 30.1 Å². The monoisotopic (exact) mass is 399 g/mol. The number of benzene rings is 1. The van der Waals surface area contributed by atoms with E-state index in [4.69, 9.17) is 4.74 Å². The molecule has 0 aliphatic heterocycles. The molecule has 9 nitrogen and oxygen atoms in total. The van der Waals surface area contributed by atoms with Gasteiger partial charge in [0.15, 0.2) is 5.82 Å². The molecule has 2 aromatic rings. The van der Waals surface area contributed by atoms with Crippen molar-refractivity contribution in [2.45, 2.75) is 20.4 Å². The van der Waals surface area contributed by atoms with Gasteiger partial charge in [0.05, 0.1) is 25.1 Å². The summed E-state index contributed by atoms with van der Waals surface area (Å²) in [6.07, 6.45) is 1.05. The van der Waals surface area contributed by atoms with Crippen LogP contribution in [0, 0.1) is 5.92 Å². The van der Waals surface area contributed by atoms with Crippen LogP contribution in [-0.4, -0.2) is 36.7 Å². The van der Waals surface area contributed by atoms with E-state index in [0.29, 0.717) is 24.0 Å². The van der Waals surface area contributed by atoms with E-state index >= 15 is 0 Å². The molecule has 0 unspecified atom stereocenters. The SMILES string of the molecule is CC(C)COc1ccccc1NC(=O)Nc1nc(CNS(C)(=O)=O)ns1. The molecule has 0 saturated carbocycles. The third kappa shape index (κ3) is 6.94. The largest absolute Gasteiger partial charge is 0.491 e. The standard InChI is InChI=1S/C15H21N5O4S2/c1-10(2)9-24-12-7-5-4-6-11(12)17-14(21)19-15-18-13(20-25-15)8-16-26(3,22)23/h4-7,10,16H,8-9H2,1-3H3,(H2,17,18,19,20,21). The molecule has 1 heterocycles. The minimum atomic E-state index is -3.33. The summed E-state index contributed by atoms with van der Waals surface area (Å²) in [4.78, 5) is 16.2. The Bertz CT molecular complexity index is 851. The van der Waals surface area contributed by atoms with Crippen LogP contribution in [0.5, 0.6) is 5.75 Å². The summed E-state index contributed by atoms with van der Waals surface area (Å²) in [6, 6.07) is 6.63. The fourth-order valence-electron chi connectivity index (χ4n) is 1.78. The molecule has 0 bridgehead atoms. The van der Waals surface area contributed by atoms with Crippen molar-refractivity contribution in [1.82, 2.24) is 14.1 Å². The van der Waals surface area contributed by atoms with Gasteiger partial charge >= 0.3 is 6.03 Å². The lowest BCUT2D eigenvalue weighted by Crippen LogP contribution is -2.22. The molecule has 0 radical (unpaired) electrons. The van der Waals surface area contributed by atoms with E-state index in [1.807, 2.05) is 19.9 Å². The maximum absolute atomic E-state index is 12.1. The fraction of sp³-hybridized carbons (Fsp3) is 0.400. The minimum absolute atomic E-state index is 0.0372. The lowest BCUT2D eigenvalue weighted by Gasteiger charge is -2.13. The number of para-hydroxylation sites is 2. The number of nitrogens with zero attached hydrogens (tertiary/aromatic N) is 2. The van der Waals surface area contributed by atoms with Gasteiger partial charge in [-0.1, -0.05) is 26.0 Å². The van der Waals surface area contributed by atoms with Crippen molar-refractivity contribution in [2.24, 2.45) is 5.92 Å². The van der Waals surface area contributed by atoms with Gasteiger partial charge in [0.2, 0.25) is 15.2 Å². The van der Waals surface area contributed by atoms with Crippen LogP contribution in [0.1, 0.15) is 19.7 Å². The van der Waals surface area contributed by atoms with Gasteiger partial charge in [0.25, 0.3) is 0 Å². The van der Waals surface area contributed by atoms with Crippen LogP contribution >= 0.6 is 11.5 Å². The number of sulfonamides is 1. The van der Waals surface area contributed by atoms with Crippen molar-refractivity contribution in [3.8, 4) is 5.75 Å². The summed E-state index contributed by atoms with van der Waals surface area (Å²) in [5.74, 6) is 1.21. The Morgan fingerprint density at radius 1 is 1.27 bits per heavy atom. The van der Waals surface area contributed by atoms with Crippen LogP contribution in [-0.2, 0) is 16.6 Å². The van der Waals surface area contributed by atoms with E-state index in [1.165, 1.54) is 0 Å². The number of rotatable bonds is 8. The Balaban J connectivity index is 1.94. The quantitative estimate of drug-likeness (QED) is 0.626. The first-order valence-electron chi connectivity index (χ1n) is 7.80. The summed E-state index contributed by atoms with van der Waals surface area (Å²) < 4.78 is 34.1. The second-order valence-electron chi connectivity index (χ2n) is 5.89. The average Bonchev–Trinajstić information content (AvgIpc) is 2.99. The van der Waals surface area contributed by atoms with E-state index in [2.05, 4.69) is 24.7 Å². The number of anilines is 2. The van der Waals surface area contributed by atoms with Gasteiger partial charge in [-0.25, -0.2) is 22.9 Å². The van der Waals surface area contributed by atoms with Crippen molar-refractivity contribution in [2.75, 3.05) is 23.5 Å². The third-order valence-electron chi connectivity index (χ3n) is 2.89. The summed E-state index contributed by atoms with van der Waals surface area (Å²) in [7, 11) is -3.33. The fourth-order valence-corrected chi connectivity index (χ4v) is 2.75. The predicted molar refractivity (Wildman–Crippen MR) is 101 cm³/mol. The van der Waals surface area contributed by atoms with Crippen LogP contribution in [0.15, 0.2) is 24.3 Å². The van der Waals surface area contributed by atoms with Gasteiger partial charge in [-0.3, -0.25) is 5.32 Å². The predicted octanol–water partition coefficient (Wildman–Crippen LogP) is 2.27. The van der Waals surface area contributed by atoms with E-state index in [1.54, 1.807) is 18.2 Å². The Morgan fingerprint density at radius 3 is 2.69 bits per heavy atom. The normalized spacial score (nSPS) is 11.4. The van der Waals surface area contributed by atoms with Crippen LogP contribution in [0.2, 0.25) is 0 Å². The molecule has 1 aromatic heterocycles. The Kier molecular flexibility index (Phi) is 6.89. The van der Waals surface area contributed by atoms with Gasteiger partial charge < -0.3 is 10.1 Å². The van der Waals surface area contributed by atoms with Crippen LogP contribution in [0.25, 0.3) is 0 Å². The van der Waals surface area contributed by atoms with Crippen molar-refractivity contribution in [3.63, 3.8) is 0 Å². The molecule has 142 valence electrons. The van der Waals surface area contributed by atoms with Crippen LogP contribution in [0.4, 0.5) is 15.6 Å². The zero-order valence-corrected chi connectivity index (χ0v) is 16.3. The Morgan fingerprint density at radius 2 is 2.00 bits per heavy atom. The summed E-state index contributed by atoms with van der Waals surface area (Å²) in [5.41, 5.74) is 0.536. The zero-order valence-electron chi connectivity index (χ0n) is 14.6. The summed E-state index contributed by atoms with van der Waals surface area (Å²) in [5, 5.41) is 5.52. The number of aromatic nitrogens is 2. The summed E-state index contributed by atoms with van der Waals surface area (Å²) >= 11 is 0.958. The molecule has 0 fully saturated rings. The first kappa shape index (κ1) is 20.1. The highest BCUT2D eigenvalue weighted by Gasteiger charge is 2.12. The molecule has 0 spiro atoms. The Hall–Kier alpha value is -2.24.